The number of nitrogens with zero attached hydrogens (tertiary/aromatic N) is 2. The molecule has 2 heterocycles. The maximum atomic E-state index is 12.1. The normalized spacial score (nSPS) is 15.3. The van der Waals surface area contributed by atoms with E-state index in [0.717, 1.165) is 11.3 Å². The van der Waals surface area contributed by atoms with Crippen LogP contribution in [0.5, 0.6) is 11.5 Å². The predicted octanol–water partition coefficient (Wildman–Crippen LogP) is 2.63. The van der Waals surface area contributed by atoms with E-state index in [2.05, 4.69) is 15.5 Å². The molecule has 2 aromatic carbocycles. The highest BCUT2D eigenvalue weighted by Crippen LogP contribution is 2.30. The molecule has 0 spiro atoms. The minimum atomic E-state index is -0.211. The van der Waals surface area contributed by atoms with Crippen LogP contribution in [0.4, 0.5) is 0 Å². The molecule has 1 atom stereocenters. The number of hydrogen-bond donors (Lipinski definition) is 1. The van der Waals surface area contributed by atoms with Crippen LogP contribution >= 0.6 is 0 Å². The van der Waals surface area contributed by atoms with Gasteiger partial charge in [0.15, 0.2) is 11.5 Å². The molecule has 0 aliphatic carbocycles. The molecule has 1 unspecified atom stereocenters. The van der Waals surface area contributed by atoms with Crippen molar-refractivity contribution in [3.63, 3.8) is 0 Å². The Bertz CT molecular complexity index is 910. The largest absolute Gasteiger partial charge is 0.486 e. The highest BCUT2D eigenvalue weighted by Gasteiger charge is 2.21. The number of benzene rings is 2. The highest BCUT2D eigenvalue weighted by molar-refractivity contribution is 5.76. The summed E-state index contributed by atoms with van der Waals surface area (Å²) in [4.78, 5) is 16.4. The van der Waals surface area contributed by atoms with Crippen LogP contribution in [-0.4, -0.2) is 35.3 Å². The van der Waals surface area contributed by atoms with Crippen LogP contribution in [0.15, 0.2) is 59.1 Å². The Morgan fingerprint density at radius 2 is 1.85 bits per heavy atom. The first-order chi connectivity index (χ1) is 13.3. The number of nitrogens with one attached hydrogen (secondary N) is 1. The number of amides is 1. The van der Waals surface area contributed by atoms with Crippen molar-refractivity contribution < 1.29 is 18.8 Å². The first kappa shape index (κ1) is 17.1. The van der Waals surface area contributed by atoms with E-state index in [1.807, 2.05) is 54.6 Å². The Kier molecular flexibility index (Phi) is 5.00. The number of fused-ring (bicyclic) bond motifs is 1. The van der Waals surface area contributed by atoms with Gasteiger partial charge in [-0.15, -0.1) is 0 Å². The lowest BCUT2D eigenvalue weighted by atomic mass is 10.2. The summed E-state index contributed by atoms with van der Waals surface area (Å²) in [5.74, 6) is 2.29. The van der Waals surface area contributed by atoms with Gasteiger partial charge in [0, 0.05) is 18.4 Å². The van der Waals surface area contributed by atoms with Gasteiger partial charge >= 0.3 is 0 Å². The molecule has 0 bridgehead atoms. The Balaban J connectivity index is 1.23. The molecule has 1 aliphatic heterocycles. The maximum Gasteiger partial charge on any atom is 0.227 e. The van der Waals surface area contributed by atoms with Gasteiger partial charge in [0.2, 0.25) is 17.6 Å². The van der Waals surface area contributed by atoms with Gasteiger partial charge in [-0.1, -0.05) is 47.6 Å². The zero-order chi connectivity index (χ0) is 18.5. The van der Waals surface area contributed by atoms with Crippen molar-refractivity contribution >= 4 is 5.91 Å². The van der Waals surface area contributed by atoms with Gasteiger partial charge in [-0.05, 0) is 12.1 Å². The van der Waals surface area contributed by atoms with Gasteiger partial charge in [-0.3, -0.25) is 4.79 Å². The summed E-state index contributed by atoms with van der Waals surface area (Å²) in [5, 5.41) is 6.81. The average Bonchev–Trinajstić information content (AvgIpc) is 3.20. The first-order valence-corrected chi connectivity index (χ1v) is 8.81. The van der Waals surface area contributed by atoms with Crippen molar-refractivity contribution in [1.82, 2.24) is 15.5 Å². The van der Waals surface area contributed by atoms with Crippen LogP contribution in [0.2, 0.25) is 0 Å². The standard InChI is InChI=1S/C20H19N3O4/c24-18(21-12-15-13-25-16-8-4-5-9-17(16)26-15)10-11-19-22-20(23-27-19)14-6-2-1-3-7-14/h1-9,15H,10-13H2,(H,21,24). The first-order valence-electron chi connectivity index (χ1n) is 8.81. The van der Waals surface area contributed by atoms with Crippen molar-refractivity contribution in [3.8, 4) is 22.9 Å². The molecule has 7 nitrogen and oxygen atoms in total. The SMILES string of the molecule is O=C(CCc1nc(-c2ccccc2)no1)NCC1COc2ccccc2O1. The van der Waals surface area contributed by atoms with Gasteiger partial charge in [0.25, 0.3) is 0 Å². The second-order valence-electron chi connectivity index (χ2n) is 6.18. The summed E-state index contributed by atoms with van der Waals surface area (Å²) >= 11 is 0. The van der Waals surface area contributed by atoms with Crippen molar-refractivity contribution in [2.45, 2.75) is 18.9 Å². The lowest BCUT2D eigenvalue weighted by Crippen LogP contribution is -2.40. The molecule has 0 saturated carbocycles. The molecule has 0 fully saturated rings. The van der Waals surface area contributed by atoms with Crippen LogP contribution in [0.1, 0.15) is 12.3 Å². The number of aryl methyl sites for hydroxylation is 1. The summed E-state index contributed by atoms with van der Waals surface area (Å²) in [7, 11) is 0. The number of para-hydroxylation sites is 2. The van der Waals surface area contributed by atoms with Crippen LogP contribution in [0, 0.1) is 0 Å². The van der Waals surface area contributed by atoms with Crippen molar-refractivity contribution in [2.24, 2.45) is 0 Å². The van der Waals surface area contributed by atoms with Crippen LogP contribution in [0.25, 0.3) is 11.4 Å². The fraction of sp³-hybridized carbons (Fsp3) is 0.250. The molecule has 1 aromatic heterocycles. The number of hydrogen-bond acceptors (Lipinski definition) is 6. The monoisotopic (exact) mass is 365 g/mol. The molecule has 1 N–H and O–H groups in total. The summed E-state index contributed by atoms with van der Waals surface area (Å²) < 4.78 is 16.7. The fourth-order valence-electron chi connectivity index (χ4n) is 2.76. The quantitative estimate of drug-likeness (QED) is 0.723. The molecule has 7 heteroatoms. The van der Waals surface area contributed by atoms with E-state index in [9.17, 15) is 4.79 Å². The summed E-state index contributed by atoms with van der Waals surface area (Å²) in [6.07, 6.45) is 0.439. The van der Waals surface area contributed by atoms with E-state index in [0.29, 0.717) is 37.0 Å². The molecule has 0 saturated heterocycles. The topological polar surface area (TPSA) is 86.5 Å². The number of aromatic nitrogens is 2. The molecular formula is C20H19N3O4. The molecule has 27 heavy (non-hydrogen) atoms. The summed E-state index contributed by atoms with van der Waals surface area (Å²) in [5.41, 5.74) is 0.881. The second kappa shape index (κ2) is 7.90. The molecule has 1 aliphatic rings. The molecule has 4 rings (SSSR count). The van der Waals surface area contributed by atoms with Crippen molar-refractivity contribution in [3.05, 3.63) is 60.5 Å². The van der Waals surface area contributed by atoms with Crippen molar-refractivity contribution in [2.75, 3.05) is 13.2 Å². The summed E-state index contributed by atoms with van der Waals surface area (Å²) in [6.45, 7) is 0.785. The minimum absolute atomic E-state index is 0.100. The Morgan fingerprint density at radius 3 is 2.70 bits per heavy atom. The minimum Gasteiger partial charge on any atom is -0.486 e. The van der Waals surface area contributed by atoms with Gasteiger partial charge in [-0.25, -0.2) is 0 Å². The molecule has 138 valence electrons. The summed E-state index contributed by atoms with van der Waals surface area (Å²) in [6, 6.07) is 17.1. The maximum absolute atomic E-state index is 12.1. The number of ether oxygens (including phenoxy) is 2. The van der Waals surface area contributed by atoms with Gasteiger partial charge in [0.1, 0.15) is 12.7 Å². The van der Waals surface area contributed by atoms with E-state index in [4.69, 9.17) is 14.0 Å². The van der Waals surface area contributed by atoms with Gasteiger partial charge < -0.3 is 19.3 Å². The third kappa shape index (κ3) is 4.25. The van der Waals surface area contributed by atoms with Gasteiger partial charge in [-0.2, -0.15) is 4.98 Å². The third-order valence-electron chi connectivity index (χ3n) is 4.16. The van der Waals surface area contributed by atoms with E-state index in [-0.39, 0.29) is 18.4 Å². The van der Waals surface area contributed by atoms with E-state index >= 15 is 0 Å². The van der Waals surface area contributed by atoms with Crippen LogP contribution in [0.3, 0.4) is 0 Å². The predicted molar refractivity (Wildman–Crippen MR) is 97.4 cm³/mol. The molecular weight excluding hydrogens is 346 g/mol. The Hall–Kier alpha value is -3.35. The van der Waals surface area contributed by atoms with E-state index in [1.165, 1.54) is 0 Å². The zero-order valence-electron chi connectivity index (χ0n) is 14.6. The highest BCUT2D eigenvalue weighted by atomic mass is 16.6. The molecule has 3 aromatic rings. The zero-order valence-corrected chi connectivity index (χ0v) is 14.6. The van der Waals surface area contributed by atoms with Gasteiger partial charge in [0.05, 0.1) is 6.54 Å². The number of rotatable bonds is 6. The lowest BCUT2D eigenvalue weighted by Gasteiger charge is -2.26. The molecule has 1 amide bonds. The van der Waals surface area contributed by atoms with Crippen LogP contribution in [-0.2, 0) is 11.2 Å². The lowest BCUT2D eigenvalue weighted by molar-refractivity contribution is -0.121. The Morgan fingerprint density at radius 1 is 1.07 bits per heavy atom. The average molecular weight is 365 g/mol. The van der Waals surface area contributed by atoms with E-state index < -0.39 is 0 Å². The smallest absolute Gasteiger partial charge is 0.227 e. The third-order valence-corrected chi connectivity index (χ3v) is 4.16. The number of carbonyl (C=O) groups excluding carboxylic acids is 1. The van der Waals surface area contributed by atoms with E-state index in [1.54, 1.807) is 0 Å². The molecule has 0 radical (unpaired) electrons. The second-order valence-corrected chi connectivity index (χ2v) is 6.18. The Labute approximate surface area is 156 Å². The fourth-order valence-corrected chi connectivity index (χ4v) is 2.76. The van der Waals surface area contributed by atoms with Crippen LogP contribution < -0.4 is 14.8 Å². The number of carbonyl (C=O) groups is 1. The van der Waals surface area contributed by atoms with Crippen molar-refractivity contribution in [1.29, 1.82) is 0 Å².